The number of nitrogens with zero attached hydrogens (tertiary/aromatic N) is 1. The molecule has 0 N–H and O–H groups in total. The number of hydrogen-bond donors (Lipinski definition) is 0. The maximum atomic E-state index is 6.01. The molecular formula is C26H39NO2. The van der Waals surface area contributed by atoms with Gasteiger partial charge in [-0.15, -0.1) is 0 Å². The third-order valence-corrected chi connectivity index (χ3v) is 8.23. The molecule has 160 valence electrons. The largest absolute Gasteiger partial charge is 0.497 e. The lowest BCUT2D eigenvalue weighted by molar-refractivity contribution is 0.0792. The van der Waals surface area contributed by atoms with Gasteiger partial charge in [-0.1, -0.05) is 18.6 Å². The molecule has 0 bridgehead atoms. The number of fused-ring (bicyclic) bond motifs is 5. The van der Waals surface area contributed by atoms with E-state index in [1.807, 2.05) is 0 Å². The van der Waals surface area contributed by atoms with Gasteiger partial charge in [-0.3, -0.25) is 0 Å². The Bertz CT molecular complexity index is 768. The van der Waals surface area contributed by atoms with E-state index >= 15 is 0 Å². The first-order chi connectivity index (χ1) is 13.9. The van der Waals surface area contributed by atoms with Crippen molar-refractivity contribution >= 4 is 0 Å². The predicted octanol–water partition coefficient (Wildman–Crippen LogP) is 5.45. The summed E-state index contributed by atoms with van der Waals surface area (Å²) in [6, 6.07) is 6.82. The van der Waals surface area contributed by atoms with Crippen molar-refractivity contribution in [2.75, 3.05) is 41.0 Å². The first kappa shape index (κ1) is 20.9. The van der Waals surface area contributed by atoms with Gasteiger partial charge in [-0.2, -0.15) is 0 Å². The fraction of sp³-hybridized carbons (Fsp3) is 0.692. The number of aryl methyl sites for hydroxylation is 1. The molecule has 0 spiro atoms. The lowest BCUT2D eigenvalue weighted by atomic mass is 9.55. The molecule has 0 aliphatic heterocycles. The summed E-state index contributed by atoms with van der Waals surface area (Å²) in [5.74, 6) is 3.44. The highest BCUT2D eigenvalue weighted by molar-refractivity contribution is 5.41. The monoisotopic (exact) mass is 397 g/mol. The fourth-order valence-electron chi connectivity index (χ4n) is 6.76. The van der Waals surface area contributed by atoms with Crippen LogP contribution in [0.3, 0.4) is 0 Å². The van der Waals surface area contributed by atoms with E-state index in [9.17, 15) is 0 Å². The van der Waals surface area contributed by atoms with Crippen LogP contribution in [0.1, 0.15) is 63.0 Å². The molecule has 3 aliphatic rings. The van der Waals surface area contributed by atoms with E-state index in [4.69, 9.17) is 9.47 Å². The van der Waals surface area contributed by atoms with Gasteiger partial charge in [-0.25, -0.2) is 0 Å². The summed E-state index contributed by atoms with van der Waals surface area (Å²) < 4.78 is 11.5. The Labute approximate surface area is 177 Å². The minimum atomic E-state index is 0.389. The second-order valence-electron chi connectivity index (χ2n) is 10.1. The Morgan fingerprint density at radius 2 is 2.00 bits per heavy atom. The van der Waals surface area contributed by atoms with E-state index in [0.717, 1.165) is 43.3 Å². The summed E-state index contributed by atoms with van der Waals surface area (Å²) >= 11 is 0. The third-order valence-electron chi connectivity index (χ3n) is 8.23. The van der Waals surface area contributed by atoms with Gasteiger partial charge in [0.15, 0.2) is 0 Å². The summed E-state index contributed by atoms with van der Waals surface area (Å²) in [7, 11) is 5.99. The van der Waals surface area contributed by atoms with E-state index in [0.29, 0.717) is 5.41 Å². The quantitative estimate of drug-likeness (QED) is 0.471. The van der Waals surface area contributed by atoms with Gasteiger partial charge in [0.2, 0.25) is 0 Å². The standard InChI is InChI=1S/C26H39NO2/c1-18(17-29-15-14-27(3)4)24-10-11-25-23-8-6-19-16-20(28-5)7-9-21(19)22(23)12-13-26(24,25)2/h7,9,16,22-23,25H,6,8,10-15,17H2,1-5H3/b24-18-. The maximum Gasteiger partial charge on any atom is 0.119 e. The molecule has 1 aromatic carbocycles. The topological polar surface area (TPSA) is 21.7 Å². The molecular weight excluding hydrogens is 358 g/mol. The van der Waals surface area contributed by atoms with Crippen LogP contribution < -0.4 is 4.74 Å². The lowest BCUT2D eigenvalue weighted by Crippen LogP contribution is -2.40. The van der Waals surface area contributed by atoms with Gasteiger partial charge in [-0.05, 0) is 112 Å². The van der Waals surface area contributed by atoms with Crippen molar-refractivity contribution < 1.29 is 9.47 Å². The first-order valence-corrected chi connectivity index (χ1v) is 11.5. The molecule has 3 heteroatoms. The number of benzene rings is 1. The van der Waals surface area contributed by atoms with Crippen LogP contribution in [-0.2, 0) is 11.2 Å². The number of rotatable bonds is 6. The zero-order chi connectivity index (χ0) is 20.6. The number of allylic oxidation sites excluding steroid dienone is 1. The Balaban J connectivity index is 1.50. The van der Waals surface area contributed by atoms with Gasteiger partial charge in [0.25, 0.3) is 0 Å². The number of hydrogen-bond acceptors (Lipinski definition) is 3. The van der Waals surface area contributed by atoms with E-state index in [1.54, 1.807) is 18.2 Å². The molecule has 29 heavy (non-hydrogen) atoms. The predicted molar refractivity (Wildman–Crippen MR) is 120 cm³/mol. The van der Waals surface area contributed by atoms with E-state index in [-0.39, 0.29) is 0 Å². The van der Waals surface area contributed by atoms with Crippen molar-refractivity contribution in [3.8, 4) is 5.75 Å². The van der Waals surface area contributed by atoms with E-state index in [2.05, 4.69) is 51.0 Å². The molecule has 0 amide bonds. The highest BCUT2D eigenvalue weighted by Gasteiger charge is 2.52. The lowest BCUT2D eigenvalue weighted by Gasteiger charge is -2.50. The average molecular weight is 398 g/mol. The van der Waals surface area contributed by atoms with Crippen LogP contribution in [0.15, 0.2) is 29.3 Å². The number of likely N-dealkylation sites (N-methyl/N-ethyl adjacent to an activating group) is 1. The molecule has 4 atom stereocenters. The molecule has 3 nitrogen and oxygen atoms in total. The van der Waals surface area contributed by atoms with Crippen LogP contribution >= 0.6 is 0 Å². The summed E-state index contributed by atoms with van der Waals surface area (Å²) in [5.41, 5.74) is 6.78. The molecule has 0 aromatic heterocycles. The fourth-order valence-corrected chi connectivity index (χ4v) is 6.76. The molecule has 4 rings (SSSR count). The highest BCUT2D eigenvalue weighted by atomic mass is 16.5. The zero-order valence-corrected chi connectivity index (χ0v) is 19.1. The normalized spacial score (nSPS) is 32.6. The minimum absolute atomic E-state index is 0.389. The van der Waals surface area contributed by atoms with Gasteiger partial charge >= 0.3 is 0 Å². The first-order valence-electron chi connectivity index (χ1n) is 11.5. The Morgan fingerprint density at radius 1 is 1.17 bits per heavy atom. The number of ether oxygens (including phenoxy) is 2. The van der Waals surface area contributed by atoms with Crippen molar-refractivity contribution in [3.63, 3.8) is 0 Å². The minimum Gasteiger partial charge on any atom is -0.497 e. The van der Waals surface area contributed by atoms with Gasteiger partial charge < -0.3 is 14.4 Å². The average Bonchev–Trinajstić information content (AvgIpc) is 3.07. The molecule has 0 radical (unpaired) electrons. The van der Waals surface area contributed by atoms with Crippen LogP contribution in [-0.4, -0.2) is 45.9 Å². The third kappa shape index (κ3) is 3.88. The van der Waals surface area contributed by atoms with Crippen LogP contribution in [0, 0.1) is 17.3 Å². The SMILES string of the molecule is COc1ccc2c(c1)CCC1C2CCC2(C)/C(=C(/C)COCCN(C)C)CCC12. The van der Waals surface area contributed by atoms with E-state index in [1.165, 1.54) is 49.7 Å². The molecule has 2 fully saturated rings. The van der Waals surface area contributed by atoms with Crippen LogP contribution in [0.25, 0.3) is 0 Å². The molecule has 1 aromatic rings. The highest BCUT2D eigenvalue weighted by Crippen LogP contribution is 2.63. The summed E-state index contributed by atoms with van der Waals surface area (Å²) in [4.78, 5) is 2.19. The van der Waals surface area contributed by atoms with Crippen molar-refractivity contribution in [2.24, 2.45) is 17.3 Å². The van der Waals surface area contributed by atoms with Crippen LogP contribution in [0.5, 0.6) is 5.75 Å². The molecule has 4 unspecified atom stereocenters. The maximum absolute atomic E-state index is 6.01. The Hall–Kier alpha value is -1.32. The van der Waals surface area contributed by atoms with Crippen molar-refractivity contribution in [1.29, 1.82) is 0 Å². The van der Waals surface area contributed by atoms with Crippen LogP contribution in [0.2, 0.25) is 0 Å². The summed E-state index contributed by atoms with van der Waals surface area (Å²) in [6.45, 7) is 7.53. The smallest absolute Gasteiger partial charge is 0.119 e. The van der Waals surface area contributed by atoms with E-state index < -0.39 is 0 Å². The molecule has 2 saturated carbocycles. The second kappa shape index (κ2) is 8.43. The number of methoxy groups -OCH3 is 1. The Kier molecular flexibility index (Phi) is 6.09. The second-order valence-corrected chi connectivity index (χ2v) is 10.1. The van der Waals surface area contributed by atoms with Crippen molar-refractivity contribution in [1.82, 2.24) is 4.90 Å². The van der Waals surface area contributed by atoms with Gasteiger partial charge in [0.1, 0.15) is 5.75 Å². The summed E-state index contributed by atoms with van der Waals surface area (Å²) in [6.07, 6.45) is 7.86. The summed E-state index contributed by atoms with van der Waals surface area (Å²) in [5, 5.41) is 0. The molecule has 0 heterocycles. The van der Waals surface area contributed by atoms with Gasteiger partial charge in [0, 0.05) is 6.54 Å². The molecule has 0 saturated heterocycles. The Morgan fingerprint density at radius 3 is 2.76 bits per heavy atom. The zero-order valence-electron chi connectivity index (χ0n) is 19.1. The molecule has 3 aliphatic carbocycles. The van der Waals surface area contributed by atoms with Crippen LogP contribution in [0.4, 0.5) is 0 Å². The van der Waals surface area contributed by atoms with Crippen molar-refractivity contribution in [2.45, 2.75) is 58.3 Å². The van der Waals surface area contributed by atoms with Crippen molar-refractivity contribution in [3.05, 3.63) is 40.5 Å². The van der Waals surface area contributed by atoms with Gasteiger partial charge in [0.05, 0.1) is 20.3 Å².